The Bertz CT molecular complexity index is 1120. The molecule has 4 aromatic rings. The lowest BCUT2D eigenvalue weighted by Gasteiger charge is -2.07. The number of rotatable bonds is 2. The van der Waals surface area contributed by atoms with Crippen LogP contribution in [-0.4, -0.2) is 14.5 Å². The Morgan fingerprint density at radius 3 is 2.92 bits per heavy atom. The first kappa shape index (κ1) is 14.7. The Labute approximate surface area is 144 Å². The third-order valence-corrected chi connectivity index (χ3v) is 4.36. The van der Waals surface area contributed by atoms with Crippen molar-refractivity contribution in [2.45, 2.75) is 13.5 Å². The molecule has 0 radical (unpaired) electrons. The van der Waals surface area contributed by atoms with E-state index in [-0.39, 0.29) is 0 Å². The van der Waals surface area contributed by atoms with Gasteiger partial charge in [0.05, 0.1) is 16.1 Å². The first-order valence-corrected chi connectivity index (χ1v) is 7.92. The summed E-state index contributed by atoms with van der Waals surface area (Å²) in [5.41, 5.74) is 4.62. The molecular formula is C19H13ClN4. The van der Waals surface area contributed by atoms with Crippen molar-refractivity contribution in [1.82, 2.24) is 14.5 Å². The van der Waals surface area contributed by atoms with Crippen LogP contribution in [0.15, 0.2) is 48.9 Å². The molecule has 3 aromatic heterocycles. The van der Waals surface area contributed by atoms with Crippen LogP contribution in [0, 0.1) is 18.3 Å². The number of fused-ring (bicyclic) bond motifs is 2. The second-order valence-electron chi connectivity index (χ2n) is 5.79. The number of hydrogen-bond donors (Lipinski definition) is 0. The third kappa shape index (κ3) is 2.40. The van der Waals surface area contributed by atoms with E-state index in [2.05, 4.69) is 38.9 Å². The summed E-state index contributed by atoms with van der Waals surface area (Å²) in [7, 11) is 0. The minimum atomic E-state index is 0.471. The van der Waals surface area contributed by atoms with Gasteiger partial charge in [0.25, 0.3) is 0 Å². The van der Waals surface area contributed by atoms with Crippen LogP contribution in [-0.2, 0) is 6.54 Å². The van der Waals surface area contributed by atoms with Gasteiger partial charge in [0.1, 0.15) is 11.8 Å². The number of benzene rings is 1. The molecule has 3 heterocycles. The Balaban J connectivity index is 1.81. The van der Waals surface area contributed by atoms with Gasteiger partial charge < -0.3 is 4.57 Å². The van der Waals surface area contributed by atoms with Crippen LogP contribution in [0.4, 0.5) is 0 Å². The predicted molar refractivity (Wildman–Crippen MR) is 95.0 cm³/mol. The normalized spacial score (nSPS) is 11.0. The maximum atomic E-state index is 9.26. The molecule has 0 aliphatic carbocycles. The molecule has 0 aliphatic rings. The minimum Gasteiger partial charge on any atom is -0.343 e. The van der Waals surface area contributed by atoms with E-state index in [0.29, 0.717) is 17.3 Å². The van der Waals surface area contributed by atoms with E-state index >= 15 is 0 Å². The molecule has 4 rings (SSSR count). The smallest absolute Gasteiger partial charge is 0.150 e. The number of hydrogen-bond acceptors (Lipinski definition) is 3. The van der Waals surface area contributed by atoms with Crippen molar-refractivity contribution in [3.05, 3.63) is 70.8 Å². The molecule has 4 nitrogen and oxygen atoms in total. The quantitative estimate of drug-likeness (QED) is 0.544. The molecule has 0 atom stereocenters. The molecule has 0 unspecified atom stereocenters. The van der Waals surface area contributed by atoms with Gasteiger partial charge in [0.2, 0.25) is 0 Å². The molecule has 0 spiro atoms. The molecule has 5 heteroatoms. The van der Waals surface area contributed by atoms with E-state index in [0.717, 1.165) is 32.9 Å². The standard InChI is InChI=1S/C19H13ClN4/c1-12-10-24(18-4-5-22-17(8-21)19(12)18)11-13-2-3-16-14(6-13)7-15(20)9-23-16/h2-7,9-10H,11H2,1H3. The third-order valence-electron chi connectivity index (χ3n) is 4.15. The van der Waals surface area contributed by atoms with Crippen molar-refractivity contribution in [1.29, 1.82) is 5.26 Å². The van der Waals surface area contributed by atoms with Crippen molar-refractivity contribution in [2.75, 3.05) is 0 Å². The lowest BCUT2D eigenvalue weighted by atomic mass is 10.1. The van der Waals surface area contributed by atoms with Crippen LogP contribution in [0.25, 0.3) is 21.8 Å². The molecule has 0 saturated carbocycles. The number of halogens is 1. The Morgan fingerprint density at radius 1 is 1.21 bits per heavy atom. The van der Waals surface area contributed by atoms with Gasteiger partial charge in [-0.1, -0.05) is 17.7 Å². The van der Waals surface area contributed by atoms with Crippen molar-refractivity contribution < 1.29 is 0 Å². The van der Waals surface area contributed by atoms with Crippen LogP contribution in [0.1, 0.15) is 16.8 Å². The number of aryl methyl sites for hydroxylation is 1. The molecule has 0 bridgehead atoms. The Kier molecular flexibility index (Phi) is 3.44. The van der Waals surface area contributed by atoms with Gasteiger partial charge in [-0.05, 0) is 42.3 Å². The molecule has 0 aliphatic heterocycles. The summed E-state index contributed by atoms with van der Waals surface area (Å²) in [5.74, 6) is 0. The van der Waals surface area contributed by atoms with Crippen LogP contribution < -0.4 is 0 Å². The second kappa shape index (κ2) is 5.63. The first-order valence-electron chi connectivity index (χ1n) is 7.54. The summed E-state index contributed by atoms with van der Waals surface area (Å²) in [6.07, 6.45) is 5.40. The van der Waals surface area contributed by atoms with Gasteiger partial charge in [-0.15, -0.1) is 0 Å². The Morgan fingerprint density at radius 2 is 2.08 bits per heavy atom. The average Bonchev–Trinajstić information content (AvgIpc) is 2.90. The highest BCUT2D eigenvalue weighted by Crippen LogP contribution is 2.25. The zero-order valence-electron chi connectivity index (χ0n) is 13.0. The zero-order valence-corrected chi connectivity index (χ0v) is 13.7. The summed E-state index contributed by atoms with van der Waals surface area (Å²) in [5, 5.41) is 11.8. The summed E-state index contributed by atoms with van der Waals surface area (Å²) in [6, 6.07) is 12.2. The monoisotopic (exact) mass is 332 g/mol. The van der Waals surface area contributed by atoms with Gasteiger partial charge in [0, 0.05) is 35.9 Å². The second-order valence-corrected chi connectivity index (χ2v) is 6.22. The van der Waals surface area contributed by atoms with Crippen LogP contribution >= 0.6 is 11.6 Å². The van der Waals surface area contributed by atoms with Crippen molar-refractivity contribution in [3.63, 3.8) is 0 Å². The predicted octanol–water partition coefficient (Wildman–Crippen LogP) is 4.47. The Hall–Kier alpha value is -2.90. The highest BCUT2D eigenvalue weighted by atomic mass is 35.5. The molecule has 24 heavy (non-hydrogen) atoms. The molecule has 0 amide bonds. The summed E-state index contributed by atoms with van der Waals surface area (Å²) < 4.78 is 2.15. The number of aromatic nitrogens is 3. The van der Waals surface area contributed by atoms with E-state index in [1.165, 1.54) is 0 Å². The molecule has 0 saturated heterocycles. The zero-order chi connectivity index (χ0) is 16.7. The van der Waals surface area contributed by atoms with Gasteiger partial charge in [-0.2, -0.15) is 5.26 Å². The highest BCUT2D eigenvalue weighted by molar-refractivity contribution is 6.31. The SMILES string of the molecule is Cc1cn(Cc2ccc3ncc(Cl)cc3c2)c2ccnc(C#N)c12. The lowest BCUT2D eigenvalue weighted by molar-refractivity contribution is 0.835. The van der Waals surface area contributed by atoms with E-state index in [9.17, 15) is 5.26 Å². The van der Waals surface area contributed by atoms with Gasteiger partial charge in [-0.25, -0.2) is 4.98 Å². The summed E-state index contributed by atoms with van der Waals surface area (Å²) in [6.45, 7) is 2.72. The van der Waals surface area contributed by atoms with Crippen molar-refractivity contribution >= 4 is 33.4 Å². The lowest BCUT2D eigenvalue weighted by Crippen LogP contribution is -1.98. The molecule has 1 aromatic carbocycles. The van der Waals surface area contributed by atoms with Crippen molar-refractivity contribution in [2.24, 2.45) is 0 Å². The van der Waals surface area contributed by atoms with E-state index in [1.807, 2.05) is 25.1 Å². The van der Waals surface area contributed by atoms with E-state index in [1.54, 1.807) is 12.4 Å². The maximum absolute atomic E-state index is 9.26. The summed E-state index contributed by atoms with van der Waals surface area (Å²) in [4.78, 5) is 8.48. The van der Waals surface area contributed by atoms with Crippen LogP contribution in [0.2, 0.25) is 5.02 Å². The fraction of sp³-hybridized carbons (Fsp3) is 0.105. The first-order chi connectivity index (χ1) is 11.7. The largest absolute Gasteiger partial charge is 0.343 e. The number of pyridine rings is 2. The minimum absolute atomic E-state index is 0.471. The molecular weight excluding hydrogens is 320 g/mol. The topological polar surface area (TPSA) is 54.5 Å². The van der Waals surface area contributed by atoms with Crippen LogP contribution in [0.5, 0.6) is 0 Å². The fourth-order valence-corrected chi connectivity index (χ4v) is 3.28. The highest BCUT2D eigenvalue weighted by Gasteiger charge is 2.11. The van der Waals surface area contributed by atoms with E-state index in [4.69, 9.17) is 11.6 Å². The number of nitriles is 1. The van der Waals surface area contributed by atoms with Gasteiger partial charge >= 0.3 is 0 Å². The molecule has 0 N–H and O–H groups in total. The molecule has 116 valence electrons. The fourth-order valence-electron chi connectivity index (χ4n) is 3.11. The number of nitrogens with zero attached hydrogens (tertiary/aromatic N) is 4. The maximum Gasteiger partial charge on any atom is 0.150 e. The van der Waals surface area contributed by atoms with Crippen molar-refractivity contribution in [3.8, 4) is 6.07 Å². The van der Waals surface area contributed by atoms with E-state index < -0.39 is 0 Å². The summed E-state index contributed by atoms with van der Waals surface area (Å²) >= 11 is 6.04. The van der Waals surface area contributed by atoms with Gasteiger partial charge in [0.15, 0.2) is 0 Å². The van der Waals surface area contributed by atoms with Gasteiger partial charge in [-0.3, -0.25) is 4.98 Å². The van der Waals surface area contributed by atoms with Crippen LogP contribution in [0.3, 0.4) is 0 Å². The average molecular weight is 333 g/mol. The molecule has 0 fully saturated rings.